The van der Waals surface area contributed by atoms with Crippen molar-refractivity contribution in [2.75, 3.05) is 19.8 Å². The maximum absolute atomic E-state index is 5.92. The second-order valence-corrected chi connectivity index (χ2v) is 5.67. The molecule has 1 aliphatic heterocycles. The van der Waals surface area contributed by atoms with Gasteiger partial charge < -0.3 is 14.8 Å². The molecule has 1 aromatic carbocycles. The van der Waals surface area contributed by atoms with Gasteiger partial charge >= 0.3 is 0 Å². The maximum Gasteiger partial charge on any atom is 0.124 e. The van der Waals surface area contributed by atoms with E-state index in [2.05, 4.69) is 37.4 Å². The van der Waals surface area contributed by atoms with E-state index in [1.807, 2.05) is 13.0 Å². The Bertz CT molecular complexity index is 421. The van der Waals surface area contributed by atoms with E-state index < -0.39 is 0 Å². The third-order valence-electron chi connectivity index (χ3n) is 4.26. The van der Waals surface area contributed by atoms with Crippen LogP contribution in [-0.4, -0.2) is 25.9 Å². The Morgan fingerprint density at radius 1 is 1.29 bits per heavy atom. The van der Waals surface area contributed by atoms with E-state index >= 15 is 0 Å². The lowest BCUT2D eigenvalue weighted by Gasteiger charge is -2.30. The smallest absolute Gasteiger partial charge is 0.124 e. The third kappa shape index (κ3) is 3.98. The molecule has 21 heavy (non-hydrogen) atoms. The Labute approximate surface area is 129 Å². The van der Waals surface area contributed by atoms with Gasteiger partial charge in [-0.1, -0.05) is 32.0 Å². The van der Waals surface area contributed by atoms with Crippen LogP contribution in [0.25, 0.3) is 0 Å². The van der Waals surface area contributed by atoms with Gasteiger partial charge in [0.1, 0.15) is 5.75 Å². The summed E-state index contributed by atoms with van der Waals surface area (Å²) in [6.07, 6.45) is 3.69. The molecule has 3 heteroatoms. The summed E-state index contributed by atoms with van der Waals surface area (Å²) in [5, 5.41) is 3.73. The first-order chi connectivity index (χ1) is 10.3. The van der Waals surface area contributed by atoms with Crippen LogP contribution in [0.3, 0.4) is 0 Å². The lowest BCUT2D eigenvalue weighted by atomic mass is 9.86. The Morgan fingerprint density at radius 3 is 2.81 bits per heavy atom. The van der Waals surface area contributed by atoms with E-state index in [9.17, 15) is 0 Å². The number of benzene rings is 1. The van der Waals surface area contributed by atoms with Crippen LogP contribution in [0.4, 0.5) is 0 Å². The van der Waals surface area contributed by atoms with Crippen LogP contribution in [0.2, 0.25) is 0 Å². The van der Waals surface area contributed by atoms with Gasteiger partial charge in [0.2, 0.25) is 0 Å². The molecular formula is C18H29NO2. The first-order valence-corrected chi connectivity index (χ1v) is 8.38. The number of rotatable bonds is 8. The fourth-order valence-electron chi connectivity index (χ4n) is 3.28. The minimum atomic E-state index is 0.320. The topological polar surface area (TPSA) is 30.5 Å². The predicted molar refractivity (Wildman–Crippen MR) is 86.8 cm³/mol. The van der Waals surface area contributed by atoms with E-state index in [0.29, 0.717) is 24.7 Å². The second-order valence-electron chi connectivity index (χ2n) is 5.67. The third-order valence-corrected chi connectivity index (χ3v) is 4.26. The van der Waals surface area contributed by atoms with Gasteiger partial charge in [0.15, 0.2) is 0 Å². The average Bonchev–Trinajstić information content (AvgIpc) is 2.98. The lowest BCUT2D eigenvalue weighted by molar-refractivity contribution is 0.0770. The minimum absolute atomic E-state index is 0.320. The molecule has 1 saturated heterocycles. The zero-order valence-corrected chi connectivity index (χ0v) is 13.6. The normalized spacial score (nSPS) is 23.2. The zero-order chi connectivity index (χ0) is 15.1. The van der Waals surface area contributed by atoms with E-state index in [4.69, 9.17) is 9.47 Å². The van der Waals surface area contributed by atoms with Crippen molar-refractivity contribution in [1.29, 1.82) is 0 Å². The number of nitrogens with one attached hydrogen (secondary N) is 1. The van der Waals surface area contributed by atoms with Crippen molar-refractivity contribution in [2.45, 2.75) is 52.2 Å². The van der Waals surface area contributed by atoms with Gasteiger partial charge in [-0.15, -0.1) is 0 Å². The Hall–Kier alpha value is -1.06. The van der Waals surface area contributed by atoms with Crippen LogP contribution < -0.4 is 10.1 Å². The van der Waals surface area contributed by atoms with Crippen LogP contribution in [0, 0.1) is 5.92 Å². The summed E-state index contributed by atoms with van der Waals surface area (Å²) >= 11 is 0. The van der Waals surface area contributed by atoms with Crippen LogP contribution in [0.1, 0.15) is 51.6 Å². The molecule has 3 atom stereocenters. The fourth-order valence-corrected chi connectivity index (χ4v) is 3.28. The van der Waals surface area contributed by atoms with Crippen molar-refractivity contribution >= 4 is 0 Å². The number of para-hydroxylation sites is 1. The molecule has 1 aliphatic rings. The monoisotopic (exact) mass is 291 g/mol. The maximum atomic E-state index is 5.92. The molecule has 1 aromatic rings. The van der Waals surface area contributed by atoms with Gasteiger partial charge in [-0.3, -0.25) is 0 Å². The first-order valence-electron chi connectivity index (χ1n) is 8.38. The molecule has 0 spiro atoms. The summed E-state index contributed by atoms with van der Waals surface area (Å²) in [5.74, 6) is 1.54. The van der Waals surface area contributed by atoms with Gasteiger partial charge in [-0.25, -0.2) is 0 Å². The summed E-state index contributed by atoms with van der Waals surface area (Å²) in [7, 11) is 0. The van der Waals surface area contributed by atoms with Crippen molar-refractivity contribution in [3.8, 4) is 5.75 Å². The quantitative estimate of drug-likeness (QED) is 0.787. The van der Waals surface area contributed by atoms with Crippen LogP contribution >= 0.6 is 0 Å². The second kappa shape index (κ2) is 8.40. The molecule has 0 bridgehead atoms. The first kappa shape index (κ1) is 16.3. The molecule has 3 unspecified atom stereocenters. The summed E-state index contributed by atoms with van der Waals surface area (Å²) in [6, 6.07) is 8.75. The summed E-state index contributed by atoms with van der Waals surface area (Å²) in [4.78, 5) is 0. The van der Waals surface area contributed by atoms with E-state index in [1.54, 1.807) is 0 Å². The molecule has 118 valence electrons. The van der Waals surface area contributed by atoms with Gasteiger partial charge in [-0.05, 0) is 38.8 Å². The predicted octanol–water partition coefficient (Wildman–Crippen LogP) is 3.94. The SMILES string of the molecule is CCCNC(c1ccccc1OCC)C1CCOC1CC. The molecular weight excluding hydrogens is 262 g/mol. The summed E-state index contributed by atoms with van der Waals surface area (Å²) in [5.41, 5.74) is 1.28. The number of hydrogen-bond acceptors (Lipinski definition) is 3. The molecule has 0 saturated carbocycles. The van der Waals surface area contributed by atoms with E-state index in [-0.39, 0.29) is 0 Å². The van der Waals surface area contributed by atoms with Crippen molar-refractivity contribution in [1.82, 2.24) is 5.32 Å². The van der Waals surface area contributed by atoms with Crippen LogP contribution in [0.15, 0.2) is 24.3 Å². The van der Waals surface area contributed by atoms with Crippen LogP contribution in [-0.2, 0) is 4.74 Å². The minimum Gasteiger partial charge on any atom is -0.494 e. The van der Waals surface area contributed by atoms with E-state index in [1.165, 1.54) is 5.56 Å². The highest BCUT2D eigenvalue weighted by molar-refractivity contribution is 5.36. The van der Waals surface area contributed by atoms with Gasteiger partial charge in [0.25, 0.3) is 0 Å². The highest BCUT2D eigenvalue weighted by Crippen LogP contribution is 2.38. The van der Waals surface area contributed by atoms with Crippen molar-refractivity contribution in [2.24, 2.45) is 5.92 Å². The zero-order valence-electron chi connectivity index (χ0n) is 13.6. The van der Waals surface area contributed by atoms with Crippen molar-refractivity contribution < 1.29 is 9.47 Å². The average molecular weight is 291 g/mol. The van der Waals surface area contributed by atoms with Crippen molar-refractivity contribution in [3.05, 3.63) is 29.8 Å². The summed E-state index contributed by atoms with van der Waals surface area (Å²) in [6.45, 7) is 9.08. The number of ether oxygens (including phenoxy) is 2. The largest absolute Gasteiger partial charge is 0.494 e. The standard InChI is InChI=1S/C18H29NO2/c1-4-12-19-18(15-11-13-21-16(15)5-2)14-9-7-8-10-17(14)20-6-3/h7-10,15-16,18-19H,4-6,11-13H2,1-3H3. The highest BCUT2D eigenvalue weighted by Gasteiger charge is 2.35. The molecule has 0 aromatic heterocycles. The van der Waals surface area contributed by atoms with Gasteiger partial charge in [0.05, 0.1) is 12.7 Å². The van der Waals surface area contributed by atoms with Gasteiger partial charge in [-0.2, -0.15) is 0 Å². The Morgan fingerprint density at radius 2 is 2.10 bits per heavy atom. The number of hydrogen-bond donors (Lipinski definition) is 1. The molecule has 0 amide bonds. The Balaban J connectivity index is 2.26. The molecule has 1 N–H and O–H groups in total. The van der Waals surface area contributed by atoms with Crippen molar-refractivity contribution in [3.63, 3.8) is 0 Å². The highest BCUT2D eigenvalue weighted by atomic mass is 16.5. The molecule has 1 fully saturated rings. The molecule has 1 heterocycles. The lowest BCUT2D eigenvalue weighted by Crippen LogP contribution is -2.33. The molecule has 3 nitrogen and oxygen atoms in total. The van der Waals surface area contributed by atoms with Crippen LogP contribution in [0.5, 0.6) is 5.75 Å². The molecule has 0 aliphatic carbocycles. The van der Waals surface area contributed by atoms with E-state index in [0.717, 1.165) is 38.2 Å². The summed E-state index contributed by atoms with van der Waals surface area (Å²) < 4.78 is 11.8. The molecule has 0 radical (unpaired) electrons. The Kier molecular flexibility index (Phi) is 6.52. The van der Waals surface area contributed by atoms with Gasteiger partial charge in [0, 0.05) is 24.1 Å². The molecule has 2 rings (SSSR count). The fraction of sp³-hybridized carbons (Fsp3) is 0.667.